The number of hydrogen-bond acceptors (Lipinski definition) is 3. The topological polar surface area (TPSA) is 52.3 Å². The molecule has 0 bridgehead atoms. The molecule has 0 aromatic carbocycles. The summed E-state index contributed by atoms with van der Waals surface area (Å²) in [5.41, 5.74) is 5.32. The molecule has 2 unspecified atom stereocenters. The third-order valence-electron chi connectivity index (χ3n) is 1.96. The first-order valence-corrected chi connectivity index (χ1v) is 3.57. The Morgan fingerprint density at radius 1 is 1.80 bits per heavy atom. The van der Waals surface area contributed by atoms with Crippen molar-refractivity contribution < 1.29 is 9.53 Å². The van der Waals surface area contributed by atoms with Gasteiger partial charge in [0, 0.05) is 0 Å². The maximum Gasteiger partial charge on any atom is 0.308 e. The summed E-state index contributed by atoms with van der Waals surface area (Å²) < 4.78 is 4.57. The molecule has 10 heavy (non-hydrogen) atoms. The highest BCUT2D eigenvalue weighted by atomic mass is 16.5. The van der Waals surface area contributed by atoms with Crippen molar-refractivity contribution in [3.05, 3.63) is 0 Å². The Morgan fingerprint density at radius 3 is 3.00 bits per heavy atom. The number of carbonyl (C=O) groups is 1. The van der Waals surface area contributed by atoms with Gasteiger partial charge in [0.1, 0.15) is 0 Å². The van der Waals surface area contributed by atoms with Crippen molar-refractivity contribution in [1.29, 1.82) is 0 Å². The first kappa shape index (κ1) is 7.54. The summed E-state index contributed by atoms with van der Waals surface area (Å²) >= 11 is 0. The predicted octanol–water partition coefficient (Wildman–Crippen LogP) is 0.144. The van der Waals surface area contributed by atoms with E-state index in [9.17, 15) is 4.79 Å². The molecule has 0 saturated heterocycles. The summed E-state index contributed by atoms with van der Waals surface area (Å²) in [6.45, 7) is 0.679. The molecule has 3 heteroatoms. The Kier molecular flexibility index (Phi) is 2.27. The van der Waals surface area contributed by atoms with Crippen molar-refractivity contribution in [2.24, 2.45) is 17.6 Å². The van der Waals surface area contributed by atoms with Crippen LogP contribution < -0.4 is 5.73 Å². The molecule has 1 rings (SSSR count). The van der Waals surface area contributed by atoms with Gasteiger partial charge in [-0.15, -0.1) is 0 Å². The van der Waals surface area contributed by atoms with Crippen LogP contribution in [0.1, 0.15) is 12.8 Å². The zero-order valence-electron chi connectivity index (χ0n) is 6.17. The van der Waals surface area contributed by atoms with Gasteiger partial charge in [0.25, 0.3) is 0 Å². The summed E-state index contributed by atoms with van der Waals surface area (Å²) in [6, 6.07) is 0. The standard InChI is InChI=1S/C7H13NO2/c1-10-7(9)6-4-5(6)2-3-8/h5-6H,2-4,8H2,1H3. The summed E-state index contributed by atoms with van der Waals surface area (Å²) in [5, 5.41) is 0. The Morgan fingerprint density at radius 2 is 2.50 bits per heavy atom. The summed E-state index contributed by atoms with van der Waals surface area (Å²) in [4.78, 5) is 10.8. The molecule has 0 radical (unpaired) electrons. The fourth-order valence-electron chi connectivity index (χ4n) is 1.22. The van der Waals surface area contributed by atoms with Gasteiger partial charge in [0.2, 0.25) is 0 Å². The number of rotatable bonds is 3. The smallest absolute Gasteiger partial charge is 0.308 e. The van der Waals surface area contributed by atoms with Crippen LogP contribution in [0.3, 0.4) is 0 Å². The summed E-state index contributed by atoms with van der Waals surface area (Å²) in [5.74, 6) is 0.601. The van der Waals surface area contributed by atoms with Gasteiger partial charge in [0.05, 0.1) is 13.0 Å². The van der Waals surface area contributed by atoms with E-state index in [0.717, 1.165) is 12.8 Å². The highest BCUT2D eigenvalue weighted by molar-refractivity contribution is 5.75. The zero-order chi connectivity index (χ0) is 7.56. The first-order chi connectivity index (χ1) is 4.79. The van der Waals surface area contributed by atoms with Crippen LogP contribution in [0.5, 0.6) is 0 Å². The van der Waals surface area contributed by atoms with Gasteiger partial charge in [-0.05, 0) is 25.3 Å². The minimum atomic E-state index is -0.0709. The second-order valence-electron chi connectivity index (χ2n) is 2.70. The molecule has 0 aromatic rings. The monoisotopic (exact) mass is 143 g/mol. The minimum Gasteiger partial charge on any atom is -0.469 e. The average Bonchev–Trinajstić information content (AvgIpc) is 2.67. The molecule has 0 spiro atoms. The molecule has 0 aliphatic heterocycles. The second-order valence-corrected chi connectivity index (χ2v) is 2.70. The van der Waals surface area contributed by atoms with E-state index in [0.29, 0.717) is 12.5 Å². The molecule has 0 heterocycles. The Hall–Kier alpha value is -0.570. The van der Waals surface area contributed by atoms with Crippen LogP contribution in [-0.2, 0) is 9.53 Å². The van der Waals surface area contributed by atoms with E-state index in [1.54, 1.807) is 0 Å². The normalized spacial score (nSPS) is 29.8. The fraction of sp³-hybridized carbons (Fsp3) is 0.857. The third-order valence-corrected chi connectivity index (χ3v) is 1.96. The molecule has 2 N–H and O–H groups in total. The SMILES string of the molecule is COC(=O)C1CC1CCN. The second kappa shape index (κ2) is 3.01. The lowest BCUT2D eigenvalue weighted by molar-refractivity contribution is -0.142. The predicted molar refractivity (Wildman–Crippen MR) is 37.3 cm³/mol. The molecule has 58 valence electrons. The van der Waals surface area contributed by atoms with E-state index in [-0.39, 0.29) is 11.9 Å². The van der Waals surface area contributed by atoms with Crippen LogP contribution in [-0.4, -0.2) is 19.6 Å². The van der Waals surface area contributed by atoms with Gasteiger partial charge >= 0.3 is 5.97 Å². The highest BCUT2D eigenvalue weighted by Crippen LogP contribution is 2.41. The average molecular weight is 143 g/mol. The molecule has 3 nitrogen and oxygen atoms in total. The van der Waals surface area contributed by atoms with Gasteiger partial charge in [-0.2, -0.15) is 0 Å². The summed E-state index contributed by atoms with van der Waals surface area (Å²) in [6.07, 6.45) is 1.93. The molecule has 1 aliphatic rings. The Labute approximate surface area is 60.5 Å². The Bertz CT molecular complexity index is 136. The van der Waals surface area contributed by atoms with Crippen LogP contribution in [0.2, 0.25) is 0 Å². The van der Waals surface area contributed by atoms with Crippen LogP contribution >= 0.6 is 0 Å². The number of carbonyl (C=O) groups excluding carboxylic acids is 1. The van der Waals surface area contributed by atoms with Crippen molar-refractivity contribution in [2.75, 3.05) is 13.7 Å². The van der Waals surface area contributed by atoms with Gasteiger partial charge in [-0.3, -0.25) is 4.79 Å². The molecule has 1 saturated carbocycles. The van der Waals surface area contributed by atoms with Crippen molar-refractivity contribution >= 4 is 5.97 Å². The molecule has 0 aromatic heterocycles. The van der Waals surface area contributed by atoms with E-state index in [1.165, 1.54) is 7.11 Å². The van der Waals surface area contributed by atoms with Crippen molar-refractivity contribution in [2.45, 2.75) is 12.8 Å². The molecule has 1 fully saturated rings. The molecular weight excluding hydrogens is 130 g/mol. The maximum atomic E-state index is 10.8. The number of methoxy groups -OCH3 is 1. The molecule has 2 atom stereocenters. The maximum absolute atomic E-state index is 10.8. The zero-order valence-corrected chi connectivity index (χ0v) is 6.17. The van der Waals surface area contributed by atoms with E-state index in [1.807, 2.05) is 0 Å². The van der Waals surface area contributed by atoms with Gasteiger partial charge < -0.3 is 10.5 Å². The van der Waals surface area contributed by atoms with Crippen molar-refractivity contribution in [3.8, 4) is 0 Å². The lowest BCUT2D eigenvalue weighted by atomic mass is 10.2. The third kappa shape index (κ3) is 1.48. The summed E-state index contributed by atoms with van der Waals surface area (Å²) in [7, 11) is 1.43. The van der Waals surface area contributed by atoms with Crippen molar-refractivity contribution in [3.63, 3.8) is 0 Å². The number of ether oxygens (including phenoxy) is 1. The van der Waals surface area contributed by atoms with E-state index < -0.39 is 0 Å². The molecule has 1 aliphatic carbocycles. The van der Waals surface area contributed by atoms with Gasteiger partial charge in [-0.25, -0.2) is 0 Å². The van der Waals surface area contributed by atoms with Crippen molar-refractivity contribution in [1.82, 2.24) is 0 Å². The lowest BCUT2D eigenvalue weighted by Crippen LogP contribution is -2.06. The number of hydrogen-bond donors (Lipinski definition) is 1. The van der Waals surface area contributed by atoms with E-state index in [4.69, 9.17) is 5.73 Å². The largest absolute Gasteiger partial charge is 0.469 e. The van der Waals surface area contributed by atoms with Gasteiger partial charge in [0.15, 0.2) is 0 Å². The molecular formula is C7H13NO2. The fourth-order valence-corrected chi connectivity index (χ4v) is 1.22. The number of esters is 1. The van der Waals surface area contributed by atoms with Crippen LogP contribution in [0.4, 0.5) is 0 Å². The van der Waals surface area contributed by atoms with Crippen LogP contribution in [0, 0.1) is 11.8 Å². The quantitative estimate of drug-likeness (QED) is 0.572. The van der Waals surface area contributed by atoms with Crippen LogP contribution in [0.25, 0.3) is 0 Å². The van der Waals surface area contributed by atoms with E-state index in [2.05, 4.69) is 4.74 Å². The molecule has 0 amide bonds. The lowest BCUT2D eigenvalue weighted by Gasteiger charge is -1.95. The van der Waals surface area contributed by atoms with E-state index >= 15 is 0 Å². The minimum absolute atomic E-state index is 0.0709. The Balaban J connectivity index is 2.18. The van der Waals surface area contributed by atoms with Gasteiger partial charge in [-0.1, -0.05) is 0 Å². The highest BCUT2D eigenvalue weighted by Gasteiger charge is 2.42. The number of nitrogens with two attached hydrogens (primary N) is 1. The first-order valence-electron chi connectivity index (χ1n) is 3.57. The van der Waals surface area contributed by atoms with Crippen LogP contribution in [0.15, 0.2) is 0 Å².